The first kappa shape index (κ1) is 21.8. The van der Waals surface area contributed by atoms with Crippen molar-refractivity contribution in [3.05, 3.63) is 57.9 Å². The first-order valence-electron chi connectivity index (χ1n) is 10.3. The molecule has 2 aliphatic rings. The highest BCUT2D eigenvalue weighted by atomic mass is 16.5. The topological polar surface area (TPSA) is 81.7 Å². The molecule has 0 saturated heterocycles. The maximum absolute atomic E-state index is 13.5. The molecule has 1 aromatic carbocycles. The second kappa shape index (κ2) is 8.46. The summed E-state index contributed by atoms with van der Waals surface area (Å²) in [5.74, 6) is -2.99. The molecule has 1 aliphatic heterocycles. The number of allylic oxidation sites excluding steroid dienone is 3. The summed E-state index contributed by atoms with van der Waals surface area (Å²) >= 11 is 0. The van der Waals surface area contributed by atoms with Crippen LogP contribution in [0.2, 0.25) is 0 Å². The molecule has 0 aromatic heterocycles. The molecule has 0 unspecified atom stereocenters. The van der Waals surface area contributed by atoms with Crippen molar-refractivity contribution in [1.82, 2.24) is 5.32 Å². The number of hydrogen-bond acceptors (Lipinski definition) is 6. The van der Waals surface area contributed by atoms with Gasteiger partial charge >= 0.3 is 11.9 Å². The molecule has 1 aliphatic carbocycles. The SMILES string of the molecule is COC(=O)[C@@H]1C(=O)C2=C(C[C@@H]1C)NC(C)=C(C(=O)OC(C)C)[C@@H]2c1ccc(C)cc1. The third-order valence-corrected chi connectivity index (χ3v) is 5.72. The molecular weight excluding hydrogens is 382 g/mol. The molecule has 0 bridgehead atoms. The lowest BCUT2D eigenvalue weighted by Gasteiger charge is -2.38. The van der Waals surface area contributed by atoms with Gasteiger partial charge in [0, 0.05) is 22.9 Å². The van der Waals surface area contributed by atoms with Crippen molar-refractivity contribution >= 4 is 17.7 Å². The minimum Gasteiger partial charge on any atom is -0.468 e. The van der Waals surface area contributed by atoms with E-state index in [0.29, 0.717) is 23.3 Å². The van der Waals surface area contributed by atoms with Crippen molar-refractivity contribution in [2.45, 2.75) is 53.1 Å². The van der Waals surface area contributed by atoms with Crippen LogP contribution in [0.1, 0.15) is 51.2 Å². The number of ether oxygens (including phenoxy) is 2. The van der Waals surface area contributed by atoms with Crippen molar-refractivity contribution in [2.24, 2.45) is 11.8 Å². The van der Waals surface area contributed by atoms with E-state index in [1.165, 1.54) is 7.11 Å². The zero-order valence-corrected chi connectivity index (χ0v) is 18.4. The van der Waals surface area contributed by atoms with Gasteiger partial charge in [0.2, 0.25) is 0 Å². The zero-order chi connectivity index (χ0) is 22.2. The van der Waals surface area contributed by atoms with Crippen LogP contribution in [0.5, 0.6) is 0 Å². The Morgan fingerprint density at radius 3 is 2.33 bits per heavy atom. The minimum absolute atomic E-state index is 0.202. The van der Waals surface area contributed by atoms with Crippen molar-refractivity contribution in [2.75, 3.05) is 7.11 Å². The third-order valence-electron chi connectivity index (χ3n) is 5.72. The van der Waals surface area contributed by atoms with Gasteiger partial charge in [-0.3, -0.25) is 9.59 Å². The summed E-state index contributed by atoms with van der Waals surface area (Å²) in [7, 11) is 1.29. The van der Waals surface area contributed by atoms with Gasteiger partial charge in [-0.15, -0.1) is 0 Å². The number of esters is 2. The summed E-state index contributed by atoms with van der Waals surface area (Å²) in [6, 6.07) is 7.74. The Labute approximate surface area is 177 Å². The molecular formula is C24H29NO5. The van der Waals surface area contributed by atoms with Crippen LogP contribution in [-0.4, -0.2) is 30.9 Å². The monoisotopic (exact) mass is 411 g/mol. The predicted octanol–water partition coefficient (Wildman–Crippen LogP) is 3.56. The van der Waals surface area contributed by atoms with Crippen molar-refractivity contribution in [1.29, 1.82) is 0 Å². The van der Waals surface area contributed by atoms with Gasteiger partial charge in [-0.1, -0.05) is 36.8 Å². The van der Waals surface area contributed by atoms with Gasteiger partial charge in [0.05, 0.1) is 18.8 Å². The fourth-order valence-electron chi connectivity index (χ4n) is 4.32. The van der Waals surface area contributed by atoms with Gasteiger partial charge in [0.15, 0.2) is 5.78 Å². The first-order chi connectivity index (χ1) is 14.1. The van der Waals surface area contributed by atoms with Crippen LogP contribution in [0.4, 0.5) is 0 Å². The van der Waals surface area contributed by atoms with Gasteiger partial charge < -0.3 is 14.8 Å². The Hall–Kier alpha value is -2.89. The van der Waals surface area contributed by atoms with Crippen LogP contribution in [0.25, 0.3) is 0 Å². The van der Waals surface area contributed by atoms with E-state index in [4.69, 9.17) is 9.47 Å². The molecule has 0 saturated carbocycles. The average molecular weight is 411 g/mol. The Bertz CT molecular complexity index is 939. The standard InChI is InChI=1S/C24H29NO5/c1-12(2)30-24(28)19-15(5)25-17-11-14(4)18(23(27)29-6)22(26)21(17)20(19)16-9-7-13(3)8-10-16/h7-10,12,14,18,20,25H,11H2,1-6H3/t14-,18-,20-/m0/s1. The number of nitrogens with one attached hydrogen (secondary N) is 1. The van der Waals surface area contributed by atoms with E-state index < -0.39 is 23.8 Å². The largest absolute Gasteiger partial charge is 0.468 e. The Morgan fingerprint density at radius 2 is 1.77 bits per heavy atom. The van der Waals surface area contributed by atoms with Crippen LogP contribution >= 0.6 is 0 Å². The van der Waals surface area contributed by atoms with Crippen molar-refractivity contribution in [3.63, 3.8) is 0 Å². The molecule has 30 heavy (non-hydrogen) atoms. The summed E-state index contributed by atoms with van der Waals surface area (Å²) < 4.78 is 10.4. The normalized spacial score (nSPS) is 23.8. The lowest BCUT2D eigenvalue weighted by molar-refractivity contribution is -0.151. The van der Waals surface area contributed by atoms with Crippen LogP contribution in [-0.2, 0) is 23.9 Å². The van der Waals surface area contributed by atoms with Gasteiger partial charge in [0.1, 0.15) is 5.92 Å². The number of carbonyl (C=O) groups is 3. The third kappa shape index (κ3) is 3.91. The predicted molar refractivity (Wildman–Crippen MR) is 112 cm³/mol. The number of methoxy groups -OCH3 is 1. The fourth-order valence-corrected chi connectivity index (χ4v) is 4.32. The Balaban J connectivity index is 2.17. The smallest absolute Gasteiger partial charge is 0.337 e. The number of dihydropyridines is 1. The average Bonchev–Trinajstić information content (AvgIpc) is 2.66. The fraction of sp³-hybridized carbons (Fsp3) is 0.458. The summed E-state index contributed by atoms with van der Waals surface area (Å²) in [5, 5.41) is 3.26. The maximum atomic E-state index is 13.5. The summed E-state index contributed by atoms with van der Waals surface area (Å²) in [6.45, 7) is 9.25. The molecule has 0 amide bonds. The highest BCUT2D eigenvalue weighted by molar-refractivity contribution is 6.12. The first-order valence-corrected chi connectivity index (χ1v) is 10.3. The number of Topliss-reactive ketones (excluding diaryl/α,β-unsaturated/α-hetero) is 1. The molecule has 3 atom stereocenters. The van der Waals surface area contributed by atoms with Crippen molar-refractivity contribution in [3.8, 4) is 0 Å². The van der Waals surface area contributed by atoms with E-state index in [1.54, 1.807) is 13.8 Å². The molecule has 1 heterocycles. The van der Waals surface area contributed by atoms with E-state index in [0.717, 1.165) is 16.8 Å². The molecule has 0 radical (unpaired) electrons. The second-order valence-electron chi connectivity index (χ2n) is 8.40. The molecule has 6 heteroatoms. The summed E-state index contributed by atoms with van der Waals surface area (Å²) in [6.07, 6.45) is 0.226. The van der Waals surface area contributed by atoms with Gasteiger partial charge in [-0.2, -0.15) is 0 Å². The van der Waals surface area contributed by atoms with E-state index in [-0.39, 0.29) is 17.8 Å². The molecule has 160 valence electrons. The molecule has 0 fully saturated rings. The van der Waals surface area contributed by atoms with E-state index >= 15 is 0 Å². The summed E-state index contributed by atoms with van der Waals surface area (Å²) in [5.41, 5.74) is 4.17. The van der Waals surface area contributed by atoms with Gasteiger partial charge in [-0.25, -0.2) is 4.79 Å². The minimum atomic E-state index is -0.885. The van der Waals surface area contributed by atoms with Gasteiger partial charge in [0.25, 0.3) is 0 Å². The molecule has 1 N–H and O–H groups in total. The van der Waals surface area contributed by atoms with Crippen LogP contribution < -0.4 is 5.32 Å². The Kier molecular flexibility index (Phi) is 6.15. The van der Waals surface area contributed by atoms with Crippen LogP contribution in [0, 0.1) is 18.8 Å². The number of benzene rings is 1. The maximum Gasteiger partial charge on any atom is 0.337 e. The number of hydrogen-bond donors (Lipinski definition) is 1. The Morgan fingerprint density at radius 1 is 1.13 bits per heavy atom. The highest BCUT2D eigenvalue weighted by Gasteiger charge is 2.47. The zero-order valence-electron chi connectivity index (χ0n) is 18.4. The lowest BCUT2D eigenvalue weighted by atomic mass is 9.69. The number of rotatable bonds is 4. The van der Waals surface area contributed by atoms with E-state index in [1.807, 2.05) is 45.0 Å². The van der Waals surface area contributed by atoms with E-state index in [9.17, 15) is 14.4 Å². The van der Waals surface area contributed by atoms with E-state index in [2.05, 4.69) is 5.32 Å². The highest BCUT2D eigenvalue weighted by Crippen LogP contribution is 2.45. The quantitative estimate of drug-likeness (QED) is 0.603. The summed E-state index contributed by atoms with van der Waals surface area (Å²) in [4.78, 5) is 39.0. The lowest BCUT2D eigenvalue weighted by Crippen LogP contribution is -2.43. The molecule has 6 nitrogen and oxygen atoms in total. The van der Waals surface area contributed by atoms with Crippen molar-refractivity contribution < 1.29 is 23.9 Å². The van der Waals surface area contributed by atoms with Gasteiger partial charge in [-0.05, 0) is 45.6 Å². The molecule has 0 spiro atoms. The molecule has 1 aromatic rings. The second-order valence-corrected chi connectivity index (χ2v) is 8.40. The number of carbonyl (C=O) groups excluding carboxylic acids is 3. The number of aryl methyl sites for hydroxylation is 1. The van der Waals surface area contributed by atoms with Crippen LogP contribution in [0.3, 0.4) is 0 Å². The molecule has 3 rings (SSSR count). The van der Waals surface area contributed by atoms with Crippen LogP contribution in [0.15, 0.2) is 46.8 Å². The number of ketones is 1.